The molecular weight excluding hydrogens is 194 g/mol. The largest absolute Gasteiger partial charge is 0.361 e. The van der Waals surface area contributed by atoms with Crippen LogP contribution in [0.25, 0.3) is 0 Å². The van der Waals surface area contributed by atoms with Crippen molar-refractivity contribution < 1.29 is 9.59 Å². The summed E-state index contributed by atoms with van der Waals surface area (Å²) < 4.78 is 0. The lowest BCUT2D eigenvalue weighted by atomic mass is 10.2. The number of hydrogen-bond acceptors (Lipinski definition) is 3. The molecule has 0 heterocycles. The Hall–Kier alpha value is -2.17. The average Bonchev–Trinajstić information content (AvgIpc) is 2.17. The molecule has 5 nitrogen and oxygen atoms in total. The standard InChI is InChI=1S/C10H11N3O2/c1-7-3-2-4-8(5-7)6-12-13-10(15)9(11)14/h2-6H,1H3,(H2,11,14)(H,13,15)/b12-6-. The first-order valence-electron chi connectivity index (χ1n) is 4.29. The van der Waals surface area contributed by atoms with Gasteiger partial charge in [-0.2, -0.15) is 5.10 Å². The fourth-order valence-corrected chi connectivity index (χ4v) is 0.971. The minimum atomic E-state index is -1.06. The Labute approximate surface area is 87.0 Å². The van der Waals surface area contributed by atoms with E-state index in [9.17, 15) is 9.59 Å². The first-order chi connectivity index (χ1) is 7.09. The van der Waals surface area contributed by atoms with Crippen LogP contribution in [0, 0.1) is 6.92 Å². The molecule has 3 N–H and O–H groups in total. The fourth-order valence-electron chi connectivity index (χ4n) is 0.971. The van der Waals surface area contributed by atoms with Crippen LogP contribution >= 0.6 is 0 Å². The molecule has 15 heavy (non-hydrogen) atoms. The van der Waals surface area contributed by atoms with Crippen molar-refractivity contribution in [3.8, 4) is 0 Å². The molecule has 1 aromatic rings. The number of nitrogens with one attached hydrogen (secondary N) is 1. The maximum Gasteiger partial charge on any atom is 0.329 e. The molecule has 0 aromatic heterocycles. The number of hydrogen-bond donors (Lipinski definition) is 2. The predicted molar refractivity (Wildman–Crippen MR) is 56.1 cm³/mol. The normalized spacial score (nSPS) is 10.2. The highest BCUT2D eigenvalue weighted by Gasteiger charge is 2.04. The first kappa shape index (κ1) is 10.9. The van der Waals surface area contributed by atoms with Crippen molar-refractivity contribution in [2.75, 3.05) is 0 Å². The molecule has 0 atom stereocenters. The number of rotatable bonds is 2. The van der Waals surface area contributed by atoms with Gasteiger partial charge in [0.25, 0.3) is 0 Å². The maximum atomic E-state index is 10.7. The minimum Gasteiger partial charge on any atom is -0.361 e. The van der Waals surface area contributed by atoms with Gasteiger partial charge in [-0.05, 0) is 12.5 Å². The quantitative estimate of drug-likeness (QED) is 0.402. The Bertz CT molecular complexity index is 413. The maximum absolute atomic E-state index is 10.7. The molecule has 0 bridgehead atoms. The molecule has 78 valence electrons. The molecule has 2 amide bonds. The molecular formula is C10H11N3O2. The number of aryl methyl sites for hydroxylation is 1. The van der Waals surface area contributed by atoms with Crippen molar-refractivity contribution >= 4 is 18.0 Å². The van der Waals surface area contributed by atoms with Gasteiger partial charge in [0.15, 0.2) is 0 Å². The lowest BCUT2D eigenvalue weighted by Crippen LogP contribution is -2.32. The second-order valence-corrected chi connectivity index (χ2v) is 2.98. The summed E-state index contributed by atoms with van der Waals surface area (Å²) in [5.41, 5.74) is 8.64. The molecule has 0 unspecified atom stereocenters. The second-order valence-electron chi connectivity index (χ2n) is 2.98. The van der Waals surface area contributed by atoms with Gasteiger partial charge in [0, 0.05) is 0 Å². The van der Waals surface area contributed by atoms with E-state index in [4.69, 9.17) is 5.73 Å². The van der Waals surface area contributed by atoms with E-state index in [2.05, 4.69) is 5.10 Å². The molecule has 0 aliphatic carbocycles. The van der Waals surface area contributed by atoms with E-state index in [0.717, 1.165) is 11.1 Å². The van der Waals surface area contributed by atoms with E-state index >= 15 is 0 Å². The van der Waals surface area contributed by atoms with Crippen LogP contribution in [-0.2, 0) is 9.59 Å². The SMILES string of the molecule is Cc1cccc(/C=N\NC(=O)C(N)=O)c1. The number of nitrogens with two attached hydrogens (primary N) is 1. The van der Waals surface area contributed by atoms with Gasteiger partial charge in [-0.25, -0.2) is 5.43 Å². The lowest BCUT2D eigenvalue weighted by Gasteiger charge is -1.95. The zero-order chi connectivity index (χ0) is 11.3. The van der Waals surface area contributed by atoms with Crippen molar-refractivity contribution in [1.29, 1.82) is 0 Å². The summed E-state index contributed by atoms with van der Waals surface area (Å²) in [7, 11) is 0. The summed E-state index contributed by atoms with van der Waals surface area (Å²) in [4.78, 5) is 21.0. The number of benzene rings is 1. The third kappa shape index (κ3) is 3.60. The number of hydrazone groups is 1. The molecule has 0 spiro atoms. The minimum absolute atomic E-state index is 0.833. The lowest BCUT2D eigenvalue weighted by molar-refractivity contribution is -0.137. The number of carbonyl (C=O) groups is 2. The van der Waals surface area contributed by atoms with Crippen LogP contribution in [0.4, 0.5) is 0 Å². The van der Waals surface area contributed by atoms with Gasteiger partial charge in [0.05, 0.1) is 6.21 Å². The van der Waals surface area contributed by atoms with Gasteiger partial charge in [-0.3, -0.25) is 9.59 Å². The van der Waals surface area contributed by atoms with E-state index in [-0.39, 0.29) is 0 Å². The fraction of sp³-hybridized carbons (Fsp3) is 0.100. The molecule has 1 rings (SSSR count). The zero-order valence-electron chi connectivity index (χ0n) is 8.23. The Morgan fingerprint density at radius 3 is 2.80 bits per heavy atom. The smallest absolute Gasteiger partial charge is 0.329 e. The van der Waals surface area contributed by atoms with Crippen molar-refractivity contribution in [2.24, 2.45) is 10.8 Å². The van der Waals surface area contributed by atoms with E-state index in [1.807, 2.05) is 36.6 Å². The number of nitrogens with zero attached hydrogens (tertiary/aromatic N) is 1. The van der Waals surface area contributed by atoms with Gasteiger partial charge in [-0.1, -0.05) is 29.8 Å². The Kier molecular flexibility index (Phi) is 3.56. The van der Waals surface area contributed by atoms with Crippen molar-refractivity contribution in [1.82, 2.24) is 5.43 Å². The molecule has 0 aliphatic heterocycles. The summed E-state index contributed by atoms with van der Waals surface area (Å²) >= 11 is 0. The Morgan fingerprint density at radius 1 is 1.47 bits per heavy atom. The Morgan fingerprint density at radius 2 is 2.20 bits per heavy atom. The number of carbonyl (C=O) groups excluding carboxylic acids is 2. The second kappa shape index (κ2) is 4.90. The third-order valence-electron chi connectivity index (χ3n) is 1.65. The molecule has 0 saturated carbocycles. The summed E-state index contributed by atoms with van der Waals surface area (Å²) in [6, 6.07) is 7.53. The monoisotopic (exact) mass is 205 g/mol. The molecule has 0 radical (unpaired) electrons. The summed E-state index contributed by atoms with van der Waals surface area (Å²) in [6.07, 6.45) is 1.44. The van der Waals surface area contributed by atoms with Crippen LogP contribution in [0.15, 0.2) is 29.4 Å². The van der Waals surface area contributed by atoms with E-state index in [1.165, 1.54) is 6.21 Å². The molecule has 0 saturated heterocycles. The first-order valence-corrected chi connectivity index (χ1v) is 4.29. The van der Waals surface area contributed by atoms with Crippen LogP contribution < -0.4 is 11.2 Å². The van der Waals surface area contributed by atoms with Gasteiger partial charge in [0.2, 0.25) is 0 Å². The number of amides is 2. The summed E-state index contributed by atoms with van der Waals surface area (Å²) in [5, 5.41) is 3.58. The molecule has 5 heteroatoms. The highest BCUT2D eigenvalue weighted by Crippen LogP contribution is 2.00. The van der Waals surface area contributed by atoms with E-state index in [1.54, 1.807) is 0 Å². The third-order valence-corrected chi connectivity index (χ3v) is 1.65. The van der Waals surface area contributed by atoms with Crippen molar-refractivity contribution in [3.05, 3.63) is 35.4 Å². The Balaban J connectivity index is 2.59. The predicted octanol–water partition coefficient (Wildman–Crippen LogP) is -0.0696. The van der Waals surface area contributed by atoms with Crippen LogP contribution in [0.5, 0.6) is 0 Å². The molecule has 1 aromatic carbocycles. The van der Waals surface area contributed by atoms with Gasteiger partial charge in [-0.15, -0.1) is 0 Å². The van der Waals surface area contributed by atoms with Gasteiger partial charge >= 0.3 is 11.8 Å². The highest BCUT2D eigenvalue weighted by atomic mass is 16.2. The average molecular weight is 205 g/mol. The summed E-state index contributed by atoms with van der Waals surface area (Å²) in [5.74, 6) is -1.99. The summed E-state index contributed by atoms with van der Waals surface area (Å²) in [6.45, 7) is 1.94. The van der Waals surface area contributed by atoms with Gasteiger partial charge in [0.1, 0.15) is 0 Å². The van der Waals surface area contributed by atoms with Gasteiger partial charge < -0.3 is 5.73 Å². The van der Waals surface area contributed by atoms with E-state index < -0.39 is 11.8 Å². The molecule has 0 fully saturated rings. The van der Waals surface area contributed by atoms with E-state index in [0.29, 0.717) is 0 Å². The molecule has 0 aliphatic rings. The van der Waals surface area contributed by atoms with Crippen LogP contribution in [0.1, 0.15) is 11.1 Å². The van der Waals surface area contributed by atoms with Crippen LogP contribution in [0.2, 0.25) is 0 Å². The van der Waals surface area contributed by atoms with Crippen LogP contribution in [0.3, 0.4) is 0 Å². The zero-order valence-corrected chi connectivity index (χ0v) is 8.23. The topological polar surface area (TPSA) is 84.6 Å². The van der Waals surface area contributed by atoms with Crippen molar-refractivity contribution in [3.63, 3.8) is 0 Å². The van der Waals surface area contributed by atoms with Crippen molar-refractivity contribution in [2.45, 2.75) is 6.92 Å². The highest BCUT2D eigenvalue weighted by molar-refractivity contribution is 6.34. The van der Waals surface area contributed by atoms with Crippen LogP contribution in [-0.4, -0.2) is 18.0 Å². The number of primary amides is 1.